The van der Waals surface area contributed by atoms with Crippen LogP contribution in [0.15, 0.2) is 24.3 Å². The molecule has 1 aromatic heterocycles. The van der Waals surface area contributed by atoms with Gasteiger partial charge < -0.3 is 10.8 Å². The SMILES string of the molecule is Cc1nn(C)c(Cl)c1CC(CN)(CO)c1ccc(F)cc1. The van der Waals surface area contributed by atoms with E-state index in [1.54, 1.807) is 23.9 Å². The molecular weight excluding hydrogens is 293 g/mol. The summed E-state index contributed by atoms with van der Waals surface area (Å²) in [6, 6.07) is 6.04. The summed E-state index contributed by atoms with van der Waals surface area (Å²) >= 11 is 6.26. The van der Waals surface area contributed by atoms with E-state index in [4.69, 9.17) is 17.3 Å². The molecule has 0 saturated heterocycles. The number of nitrogens with two attached hydrogens (primary N) is 1. The lowest BCUT2D eigenvalue weighted by Crippen LogP contribution is -2.41. The van der Waals surface area contributed by atoms with Gasteiger partial charge in [0, 0.05) is 24.6 Å². The van der Waals surface area contributed by atoms with Gasteiger partial charge >= 0.3 is 0 Å². The van der Waals surface area contributed by atoms with E-state index in [-0.39, 0.29) is 19.0 Å². The van der Waals surface area contributed by atoms with Crippen molar-refractivity contribution in [2.45, 2.75) is 18.8 Å². The molecule has 0 bridgehead atoms. The van der Waals surface area contributed by atoms with E-state index in [9.17, 15) is 9.50 Å². The number of benzene rings is 1. The van der Waals surface area contributed by atoms with Gasteiger partial charge in [0.05, 0.1) is 12.3 Å². The predicted octanol–water partition coefficient (Wildman–Crippen LogP) is 1.95. The third kappa shape index (κ3) is 2.95. The van der Waals surface area contributed by atoms with Gasteiger partial charge in [-0.2, -0.15) is 5.10 Å². The Morgan fingerprint density at radius 3 is 2.43 bits per heavy atom. The molecular formula is C15H19ClFN3O. The molecule has 6 heteroatoms. The number of aliphatic hydroxyl groups is 1. The van der Waals surface area contributed by atoms with Crippen LogP contribution in [0.25, 0.3) is 0 Å². The van der Waals surface area contributed by atoms with Gasteiger partial charge in [0.1, 0.15) is 11.0 Å². The average molecular weight is 312 g/mol. The number of rotatable bonds is 5. The lowest BCUT2D eigenvalue weighted by atomic mass is 9.76. The van der Waals surface area contributed by atoms with Crippen LogP contribution in [0, 0.1) is 12.7 Å². The van der Waals surface area contributed by atoms with Crippen LogP contribution in [-0.2, 0) is 18.9 Å². The Bertz CT molecular complexity index is 621. The molecule has 1 heterocycles. The number of hydrogen-bond acceptors (Lipinski definition) is 3. The maximum absolute atomic E-state index is 13.1. The molecule has 4 nitrogen and oxygen atoms in total. The second-order valence-corrected chi connectivity index (χ2v) is 5.66. The number of aliphatic hydroxyl groups excluding tert-OH is 1. The van der Waals surface area contributed by atoms with Gasteiger partial charge in [0.2, 0.25) is 0 Å². The fourth-order valence-corrected chi connectivity index (χ4v) is 2.76. The fourth-order valence-electron chi connectivity index (χ4n) is 2.52. The molecule has 0 amide bonds. The van der Waals surface area contributed by atoms with Gasteiger partial charge in [-0.1, -0.05) is 23.7 Å². The van der Waals surface area contributed by atoms with Crippen LogP contribution in [0.5, 0.6) is 0 Å². The monoisotopic (exact) mass is 311 g/mol. The maximum atomic E-state index is 13.1. The summed E-state index contributed by atoms with van der Waals surface area (Å²) in [5, 5.41) is 14.7. The van der Waals surface area contributed by atoms with Crippen molar-refractivity contribution in [1.29, 1.82) is 0 Å². The number of aromatic nitrogens is 2. The van der Waals surface area contributed by atoms with E-state index in [0.29, 0.717) is 11.6 Å². The van der Waals surface area contributed by atoms with Crippen molar-refractivity contribution < 1.29 is 9.50 Å². The highest BCUT2D eigenvalue weighted by molar-refractivity contribution is 6.30. The molecule has 114 valence electrons. The van der Waals surface area contributed by atoms with Crippen LogP contribution < -0.4 is 5.73 Å². The van der Waals surface area contributed by atoms with Crippen LogP contribution in [0.4, 0.5) is 4.39 Å². The van der Waals surface area contributed by atoms with Crippen molar-refractivity contribution >= 4 is 11.6 Å². The van der Waals surface area contributed by atoms with Crippen LogP contribution >= 0.6 is 11.6 Å². The van der Waals surface area contributed by atoms with Crippen molar-refractivity contribution in [2.24, 2.45) is 12.8 Å². The maximum Gasteiger partial charge on any atom is 0.130 e. The van der Waals surface area contributed by atoms with Crippen molar-refractivity contribution in [3.05, 3.63) is 52.1 Å². The van der Waals surface area contributed by atoms with Crippen molar-refractivity contribution in [2.75, 3.05) is 13.2 Å². The van der Waals surface area contributed by atoms with E-state index in [1.165, 1.54) is 12.1 Å². The summed E-state index contributed by atoms with van der Waals surface area (Å²) < 4.78 is 14.7. The van der Waals surface area contributed by atoms with E-state index in [1.807, 2.05) is 6.92 Å². The molecule has 2 aromatic rings. The average Bonchev–Trinajstić information content (AvgIpc) is 2.72. The third-order valence-corrected chi connectivity index (χ3v) is 4.41. The number of hydrogen-bond donors (Lipinski definition) is 2. The molecule has 1 aromatic carbocycles. The normalized spacial score (nSPS) is 14.2. The van der Waals surface area contributed by atoms with Crippen molar-refractivity contribution in [3.8, 4) is 0 Å². The Balaban J connectivity index is 2.45. The van der Waals surface area contributed by atoms with E-state index in [0.717, 1.165) is 16.8 Å². The second kappa shape index (κ2) is 6.13. The minimum atomic E-state index is -0.703. The Morgan fingerprint density at radius 1 is 1.38 bits per heavy atom. The second-order valence-electron chi connectivity index (χ2n) is 5.30. The molecule has 1 unspecified atom stereocenters. The van der Waals surface area contributed by atoms with Gasteiger partial charge in [0.25, 0.3) is 0 Å². The number of aryl methyl sites for hydroxylation is 2. The highest BCUT2D eigenvalue weighted by Gasteiger charge is 2.33. The zero-order valence-electron chi connectivity index (χ0n) is 12.1. The van der Waals surface area contributed by atoms with Gasteiger partial charge in [-0.05, 0) is 31.0 Å². The first-order valence-electron chi connectivity index (χ1n) is 6.68. The van der Waals surface area contributed by atoms with Gasteiger partial charge in [-0.3, -0.25) is 4.68 Å². The molecule has 0 saturated carbocycles. The van der Waals surface area contributed by atoms with Crippen LogP contribution in [0.2, 0.25) is 5.15 Å². The molecule has 0 aliphatic rings. The van der Waals surface area contributed by atoms with Crippen molar-refractivity contribution in [1.82, 2.24) is 9.78 Å². The zero-order chi connectivity index (χ0) is 15.6. The number of nitrogens with zero attached hydrogens (tertiary/aromatic N) is 2. The molecule has 1 atom stereocenters. The minimum Gasteiger partial charge on any atom is -0.395 e. The molecule has 2 rings (SSSR count). The molecule has 0 fully saturated rings. The smallest absolute Gasteiger partial charge is 0.130 e. The van der Waals surface area contributed by atoms with Gasteiger partial charge in [0.15, 0.2) is 0 Å². The summed E-state index contributed by atoms with van der Waals surface area (Å²) in [6.07, 6.45) is 0.449. The third-order valence-electron chi connectivity index (χ3n) is 3.94. The van der Waals surface area contributed by atoms with Crippen LogP contribution in [0.1, 0.15) is 16.8 Å². The fraction of sp³-hybridized carbons (Fsp3) is 0.400. The standard InChI is InChI=1S/C15H19ClFN3O/c1-10-13(14(16)20(2)19-10)7-15(8-18,9-21)11-3-5-12(17)6-4-11/h3-6,21H,7-9,18H2,1-2H3. The minimum absolute atomic E-state index is 0.153. The molecule has 0 aliphatic carbocycles. The van der Waals surface area contributed by atoms with Gasteiger partial charge in [-0.15, -0.1) is 0 Å². The molecule has 0 aliphatic heterocycles. The van der Waals surface area contributed by atoms with Gasteiger partial charge in [-0.25, -0.2) is 4.39 Å². The van der Waals surface area contributed by atoms with E-state index < -0.39 is 5.41 Å². The summed E-state index contributed by atoms with van der Waals surface area (Å²) in [5.41, 5.74) is 7.65. The van der Waals surface area contributed by atoms with Crippen LogP contribution in [0.3, 0.4) is 0 Å². The van der Waals surface area contributed by atoms with E-state index >= 15 is 0 Å². The largest absolute Gasteiger partial charge is 0.395 e. The Morgan fingerprint density at radius 2 is 2.00 bits per heavy atom. The Labute approximate surface area is 128 Å². The summed E-state index contributed by atoms with van der Waals surface area (Å²) in [7, 11) is 1.76. The molecule has 0 spiro atoms. The highest BCUT2D eigenvalue weighted by Crippen LogP contribution is 2.31. The zero-order valence-corrected chi connectivity index (χ0v) is 12.9. The first-order chi connectivity index (χ1) is 9.93. The molecule has 21 heavy (non-hydrogen) atoms. The number of halogens is 2. The van der Waals surface area contributed by atoms with Crippen molar-refractivity contribution in [3.63, 3.8) is 0 Å². The Kier molecular flexibility index (Phi) is 4.66. The first kappa shape index (κ1) is 15.9. The predicted molar refractivity (Wildman–Crippen MR) is 80.9 cm³/mol. The lowest BCUT2D eigenvalue weighted by molar-refractivity contribution is 0.196. The summed E-state index contributed by atoms with van der Waals surface area (Å²) in [4.78, 5) is 0. The summed E-state index contributed by atoms with van der Waals surface area (Å²) in [6.45, 7) is 1.93. The molecule has 3 N–H and O–H groups in total. The topological polar surface area (TPSA) is 64.1 Å². The van der Waals surface area contributed by atoms with E-state index in [2.05, 4.69) is 5.10 Å². The Hall–Kier alpha value is -1.43. The lowest BCUT2D eigenvalue weighted by Gasteiger charge is -2.31. The quantitative estimate of drug-likeness (QED) is 0.887. The highest BCUT2D eigenvalue weighted by atomic mass is 35.5. The van der Waals surface area contributed by atoms with Crippen LogP contribution in [-0.4, -0.2) is 28.0 Å². The summed E-state index contributed by atoms with van der Waals surface area (Å²) in [5.74, 6) is -0.321. The molecule has 0 radical (unpaired) electrons. The first-order valence-corrected chi connectivity index (χ1v) is 7.06.